The highest BCUT2D eigenvalue weighted by Gasteiger charge is 2.10. The van der Waals surface area contributed by atoms with Crippen LogP contribution in [0.5, 0.6) is 0 Å². The molecule has 0 aliphatic heterocycles. The van der Waals surface area contributed by atoms with Gasteiger partial charge in [0.25, 0.3) is 0 Å². The highest BCUT2D eigenvalue weighted by molar-refractivity contribution is 7.99. The zero-order chi connectivity index (χ0) is 18.8. The van der Waals surface area contributed by atoms with Crippen molar-refractivity contribution in [1.29, 1.82) is 0 Å². The van der Waals surface area contributed by atoms with Crippen molar-refractivity contribution in [1.82, 2.24) is 14.4 Å². The Bertz CT molecular complexity index is 1210. The van der Waals surface area contributed by atoms with Crippen LogP contribution in [0.15, 0.2) is 70.7 Å². The van der Waals surface area contributed by atoms with E-state index in [1.807, 2.05) is 55.5 Å². The minimum Gasteiger partial charge on any atom is -0.325 e. The van der Waals surface area contributed by atoms with Crippen LogP contribution in [0.3, 0.4) is 0 Å². The quantitative estimate of drug-likeness (QED) is 0.553. The number of thioether (sulfide) groups is 1. The molecule has 0 aliphatic rings. The van der Waals surface area contributed by atoms with Gasteiger partial charge in [0, 0.05) is 17.3 Å². The Balaban J connectivity index is 1.50. The van der Waals surface area contributed by atoms with E-state index in [1.54, 1.807) is 12.3 Å². The largest absolute Gasteiger partial charge is 0.355 e. The van der Waals surface area contributed by atoms with Crippen molar-refractivity contribution >= 4 is 39.8 Å². The first-order chi connectivity index (χ1) is 13.1. The first-order valence-corrected chi connectivity index (χ1v) is 9.36. The molecule has 1 N–H and O–H groups in total. The standard InChI is InChI=1S/C20H16N4O2S/c1-13-9-10-17-22-19(23-20(26)24(17)11-13)27-12-18(25)21-16-8-4-6-14-5-2-3-7-15(14)16/h2-11H,12H2,1H3,(H,21,25). The van der Waals surface area contributed by atoms with Crippen molar-refractivity contribution in [3.63, 3.8) is 0 Å². The molecular weight excluding hydrogens is 360 g/mol. The third-order valence-electron chi connectivity index (χ3n) is 4.08. The number of aromatic nitrogens is 3. The van der Waals surface area contributed by atoms with Gasteiger partial charge in [-0.3, -0.25) is 9.20 Å². The molecular formula is C20H16N4O2S. The van der Waals surface area contributed by atoms with E-state index in [9.17, 15) is 9.59 Å². The average molecular weight is 376 g/mol. The number of carbonyl (C=O) groups is 1. The Morgan fingerprint density at radius 3 is 2.78 bits per heavy atom. The fourth-order valence-electron chi connectivity index (χ4n) is 2.82. The number of amides is 1. The van der Waals surface area contributed by atoms with E-state index in [1.165, 1.54) is 4.40 Å². The van der Waals surface area contributed by atoms with Gasteiger partial charge < -0.3 is 5.32 Å². The molecule has 2 aromatic heterocycles. The Hall–Kier alpha value is -3.19. The first kappa shape index (κ1) is 17.2. The van der Waals surface area contributed by atoms with Crippen LogP contribution in [0.2, 0.25) is 0 Å². The van der Waals surface area contributed by atoms with Gasteiger partial charge in [0.2, 0.25) is 5.91 Å². The van der Waals surface area contributed by atoms with E-state index in [0.29, 0.717) is 5.65 Å². The lowest BCUT2D eigenvalue weighted by atomic mass is 10.1. The lowest BCUT2D eigenvalue weighted by molar-refractivity contribution is -0.113. The lowest BCUT2D eigenvalue weighted by Gasteiger charge is -2.08. The molecule has 27 heavy (non-hydrogen) atoms. The summed E-state index contributed by atoms with van der Waals surface area (Å²) in [7, 11) is 0. The van der Waals surface area contributed by atoms with E-state index in [2.05, 4.69) is 15.3 Å². The molecule has 0 aliphatic carbocycles. The van der Waals surface area contributed by atoms with Gasteiger partial charge in [-0.2, -0.15) is 4.98 Å². The Morgan fingerprint density at radius 1 is 1.07 bits per heavy atom. The number of hydrogen-bond acceptors (Lipinski definition) is 5. The molecule has 6 nitrogen and oxygen atoms in total. The third kappa shape index (κ3) is 3.68. The van der Waals surface area contributed by atoms with Crippen LogP contribution in [0.25, 0.3) is 16.4 Å². The highest BCUT2D eigenvalue weighted by atomic mass is 32.2. The molecule has 0 saturated carbocycles. The smallest absolute Gasteiger partial charge is 0.325 e. The second-order valence-electron chi connectivity index (χ2n) is 6.09. The fraction of sp³-hybridized carbons (Fsp3) is 0.100. The summed E-state index contributed by atoms with van der Waals surface area (Å²) in [6.45, 7) is 1.90. The van der Waals surface area contributed by atoms with E-state index in [0.717, 1.165) is 33.8 Å². The van der Waals surface area contributed by atoms with Crippen LogP contribution in [-0.4, -0.2) is 26.0 Å². The fourth-order valence-corrected chi connectivity index (χ4v) is 3.45. The number of rotatable bonds is 4. The van der Waals surface area contributed by atoms with E-state index >= 15 is 0 Å². The van der Waals surface area contributed by atoms with Crippen LogP contribution in [0.4, 0.5) is 5.69 Å². The van der Waals surface area contributed by atoms with Crippen molar-refractivity contribution < 1.29 is 4.79 Å². The Labute approximate surface area is 159 Å². The minimum atomic E-state index is -0.402. The number of aryl methyl sites for hydroxylation is 1. The molecule has 2 heterocycles. The van der Waals surface area contributed by atoms with E-state index < -0.39 is 5.69 Å². The van der Waals surface area contributed by atoms with E-state index in [-0.39, 0.29) is 16.8 Å². The number of nitrogens with zero attached hydrogens (tertiary/aromatic N) is 3. The summed E-state index contributed by atoms with van der Waals surface area (Å²) in [5.74, 6) is -0.0610. The van der Waals surface area contributed by atoms with Crippen LogP contribution >= 0.6 is 11.8 Å². The molecule has 0 fully saturated rings. The van der Waals surface area contributed by atoms with Gasteiger partial charge in [0.15, 0.2) is 5.16 Å². The Kier molecular flexibility index (Phi) is 4.60. The third-order valence-corrected chi connectivity index (χ3v) is 4.93. The molecule has 0 bridgehead atoms. The van der Waals surface area contributed by atoms with E-state index in [4.69, 9.17) is 0 Å². The second-order valence-corrected chi connectivity index (χ2v) is 7.03. The number of anilines is 1. The molecule has 7 heteroatoms. The predicted octanol–water partition coefficient (Wildman–Crippen LogP) is 3.28. The average Bonchev–Trinajstić information content (AvgIpc) is 2.67. The maximum Gasteiger partial charge on any atom is 0.355 e. The van der Waals surface area contributed by atoms with Crippen molar-refractivity contribution in [2.45, 2.75) is 12.1 Å². The first-order valence-electron chi connectivity index (χ1n) is 8.38. The number of pyridine rings is 1. The molecule has 0 atom stereocenters. The number of hydrogen-bond donors (Lipinski definition) is 1. The van der Waals surface area contributed by atoms with Crippen LogP contribution in [0.1, 0.15) is 5.56 Å². The van der Waals surface area contributed by atoms with Crippen molar-refractivity contribution in [3.05, 3.63) is 76.8 Å². The number of benzene rings is 2. The lowest BCUT2D eigenvalue weighted by Crippen LogP contribution is -2.20. The topological polar surface area (TPSA) is 76.4 Å². The zero-order valence-corrected chi connectivity index (χ0v) is 15.4. The van der Waals surface area contributed by atoms with Gasteiger partial charge >= 0.3 is 5.69 Å². The number of fused-ring (bicyclic) bond motifs is 2. The predicted molar refractivity (Wildman–Crippen MR) is 107 cm³/mol. The summed E-state index contributed by atoms with van der Waals surface area (Å²) < 4.78 is 1.40. The molecule has 4 rings (SSSR count). The van der Waals surface area contributed by atoms with Crippen LogP contribution in [-0.2, 0) is 4.79 Å². The van der Waals surface area contributed by atoms with Crippen molar-refractivity contribution in [3.8, 4) is 0 Å². The normalized spacial score (nSPS) is 11.0. The molecule has 134 valence electrons. The van der Waals surface area contributed by atoms with Gasteiger partial charge in [0.1, 0.15) is 5.65 Å². The summed E-state index contributed by atoms with van der Waals surface area (Å²) >= 11 is 1.14. The number of carbonyl (C=O) groups excluding carboxylic acids is 1. The van der Waals surface area contributed by atoms with Gasteiger partial charge in [-0.15, -0.1) is 0 Å². The molecule has 0 spiro atoms. The van der Waals surface area contributed by atoms with Gasteiger partial charge in [-0.25, -0.2) is 9.78 Å². The second kappa shape index (κ2) is 7.20. The van der Waals surface area contributed by atoms with Crippen molar-refractivity contribution in [2.24, 2.45) is 0 Å². The van der Waals surface area contributed by atoms with Gasteiger partial charge in [0.05, 0.1) is 5.75 Å². The van der Waals surface area contributed by atoms with Crippen LogP contribution in [0, 0.1) is 6.92 Å². The number of nitrogens with one attached hydrogen (secondary N) is 1. The SMILES string of the molecule is Cc1ccc2nc(SCC(=O)Nc3cccc4ccccc34)nc(=O)n2c1. The van der Waals surface area contributed by atoms with Gasteiger partial charge in [-0.1, -0.05) is 54.2 Å². The maximum atomic E-state index is 12.4. The molecule has 1 amide bonds. The summed E-state index contributed by atoms with van der Waals surface area (Å²) in [6, 6.07) is 17.3. The van der Waals surface area contributed by atoms with Gasteiger partial charge in [-0.05, 0) is 30.0 Å². The summed E-state index contributed by atoms with van der Waals surface area (Å²) in [5, 5.41) is 5.24. The summed E-state index contributed by atoms with van der Waals surface area (Å²) in [5.41, 5.74) is 1.81. The highest BCUT2D eigenvalue weighted by Crippen LogP contribution is 2.23. The Morgan fingerprint density at radius 2 is 1.89 bits per heavy atom. The molecule has 0 saturated heterocycles. The van der Waals surface area contributed by atoms with Crippen LogP contribution < -0.4 is 11.0 Å². The minimum absolute atomic E-state index is 0.116. The van der Waals surface area contributed by atoms with Crippen molar-refractivity contribution in [2.75, 3.05) is 11.1 Å². The summed E-state index contributed by atoms with van der Waals surface area (Å²) in [4.78, 5) is 32.8. The maximum absolute atomic E-state index is 12.4. The molecule has 0 unspecified atom stereocenters. The zero-order valence-electron chi connectivity index (χ0n) is 14.5. The molecule has 2 aromatic carbocycles. The molecule has 0 radical (unpaired) electrons. The summed E-state index contributed by atoms with van der Waals surface area (Å²) in [6.07, 6.45) is 1.69. The molecule has 4 aromatic rings. The monoisotopic (exact) mass is 376 g/mol.